The predicted molar refractivity (Wildman–Crippen MR) is 134 cm³/mol. The van der Waals surface area contributed by atoms with Gasteiger partial charge in [0.2, 0.25) is 11.8 Å². The van der Waals surface area contributed by atoms with Crippen LogP contribution in [0.2, 0.25) is 0 Å². The van der Waals surface area contributed by atoms with Crippen LogP contribution in [0, 0.1) is 0 Å². The lowest BCUT2D eigenvalue weighted by Crippen LogP contribution is -2.19. The lowest BCUT2D eigenvalue weighted by Gasteiger charge is -2.13. The standard InChI is InChI=1S/C26H30N6O2/c1-17(26(34)29-24-15-23(30-31-24)18-9-10-18)19-6-4-7-20(14-19)22-12-11-21(16-28-22)27-13-5-8-25(33)32(2)3/h4-8,11-12,14-18,27H,9-10,13H2,1-3H3,(H2,29,30,31,34). The zero-order chi connectivity index (χ0) is 24.1. The lowest BCUT2D eigenvalue weighted by atomic mass is 9.97. The number of H-pyrrole nitrogens is 1. The van der Waals surface area contributed by atoms with Crippen LogP contribution in [0.4, 0.5) is 11.5 Å². The van der Waals surface area contributed by atoms with E-state index in [0.717, 1.165) is 28.2 Å². The molecule has 1 saturated carbocycles. The summed E-state index contributed by atoms with van der Waals surface area (Å²) < 4.78 is 0. The fourth-order valence-electron chi connectivity index (χ4n) is 3.51. The molecule has 2 aromatic heterocycles. The van der Waals surface area contributed by atoms with E-state index in [1.807, 2.05) is 49.4 Å². The maximum atomic E-state index is 12.8. The number of rotatable bonds is 9. The first-order chi connectivity index (χ1) is 16.4. The fourth-order valence-corrected chi connectivity index (χ4v) is 3.51. The number of hydrogen-bond donors (Lipinski definition) is 3. The third-order valence-corrected chi connectivity index (χ3v) is 5.83. The first kappa shape index (κ1) is 23.2. The summed E-state index contributed by atoms with van der Waals surface area (Å²) in [5.41, 5.74) is 4.62. The Balaban J connectivity index is 1.36. The molecule has 3 aromatic rings. The van der Waals surface area contributed by atoms with Crippen molar-refractivity contribution in [3.05, 3.63) is 72.1 Å². The second-order valence-corrected chi connectivity index (χ2v) is 8.77. The van der Waals surface area contributed by atoms with Crippen molar-refractivity contribution in [1.29, 1.82) is 0 Å². The summed E-state index contributed by atoms with van der Waals surface area (Å²) in [5.74, 6) is 0.647. The molecule has 1 fully saturated rings. The van der Waals surface area contributed by atoms with Gasteiger partial charge >= 0.3 is 0 Å². The highest BCUT2D eigenvalue weighted by molar-refractivity contribution is 5.95. The van der Waals surface area contributed by atoms with Gasteiger partial charge in [0.1, 0.15) is 0 Å². The second kappa shape index (κ2) is 10.3. The Morgan fingerprint density at radius 2 is 2.03 bits per heavy atom. The van der Waals surface area contributed by atoms with Gasteiger partial charge < -0.3 is 15.5 Å². The molecule has 1 aliphatic carbocycles. The molecule has 0 aliphatic heterocycles. The Labute approximate surface area is 199 Å². The van der Waals surface area contributed by atoms with Crippen LogP contribution in [0.1, 0.15) is 42.9 Å². The Hall–Kier alpha value is -3.94. The molecule has 0 radical (unpaired) electrons. The number of benzene rings is 1. The predicted octanol–water partition coefficient (Wildman–Crippen LogP) is 4.15. The molecule has 8 heteroatoms. The summed E-state index contributed by atoms with van der Waals surface area (Å²) >= 11 is 0. The van der Waals surface area contributed by atoms with Crippen molar-refractivity contribution in [3.63, 3.8) is 0 Å². The number of amides is 2. The minimum absolute atomic E-state index is 0.0505. The third kappa shape index (κ3) is 5.89. The number of pyridine rings is 1. The van der Waals surface area contributed by atoms with Gasteiger partial charge in [-0.1, -0.05) is 24.3 Å². The van der Waals surface area contributed by atoms with Crippen LogP contribution in [0.3, 0.4) is 0 Å². The van der Waals surface area contributed by atoms with E-state index in [9.17, 15) is 9.59 Å². The average Bonchev–Trinajstić information content (AvgIpc) is 3.60. The Morgan fingerprint density at radius 1 is 1.21 bits per heavy atom. The molecular weight excluding hydrogens is 428 g/mol. The molecule has 176 valence electrons. The van der Waals surface area contributed by atoms with Crippen molar-refractivity contribution in [3.8, 4) is 11.3 Å². The van der Waals surface area contributed by atoms with Crippen molar-refractivity contribution in [2.75, 3.05) is 31.3 Å². The van der Waals surface area contributed by atoms with E-state index in [-0.39, 0.29) is 17.7 Å². The van der Waals surface area contributed by atoms with Gasteiger partial charge in [0.25, 0.3) is 0 Å². The highest BCUT2D eigenvalue weighted by atomic mass is 16.2. The molecule has 1 unspecified atom stereocenters. The molecule has 1 aromatic carbocycles. The van der Waals surface area contributed by atoms with Gasteiger partial charge in [-0.25, -0.2) is 0 Å². The molecule has 2 amide bonds. The molecule has 8 nitrogen and oxygen atoms in total. The second-order valence-electron chi connectivity index (χ2n) is 8.77. The van der Waals surface area contributed by atoms with Gasteiger partial charge in [-0.05, 0) is 43.5 Å². The molecule has 0 bridgehead atoms. The highest BCUT2D eigenvalue weighted by Gasteiger charge is 2.26. The van der Waals surface area contributed by atoms with Crippen molar-refractivity contribution < 1.29 is 9.59 Å². The van der Waals surface area contributed by atoms with Gasteiger partial charge in [-0.2, -0.15) is 5.10 Å². The lowest BCUT2D eigenvalue weighted by molar-refractivity contribution is -0.123. The van der Waals surface area contributed by atoms with Crippen molar-refractivity contribution in [1.82, 2.24) is 20.1 Å². The van der Waals surface area contributed by atoms with Gasteiger partial charge in [0.05, 0.1) is 23.5 Å². The molecule has 3 N–H and O–H groups in total. The number of carbonyl (C=O) groups excluding carboxylic acids is 2. The van der Waals surface area contributed by atoms with Crippen molar-refractivity contribution in [2.45, 2.75) is 31.6 Å². The molecular formula is C26H30N6O2. The van der Waals surface area contributed by atoms with E-state index in [1.54, 1.807) is 26.4 Å². The van der Waals surface area contributed by atoms with Gasteiger partial charge in [0.15, 0.2) is 5.82 Å². The van der Waals surface area contributed by atoms with Crippen LogP contribution >= 0.6 is 0 Å². The smallest absolute Gasteiger partial charge is 0.245 e. The minimum atomic E-state index is -0.335. The average molecular weight is 459 g/mol. The quantitative estimate of drug-likeness (QED) is 0.418. The van der Waals surface area contributed by atoms with Crippen LogP contribution < -0.4 is 10.6 Å². The molecule has 0 spiro atoms. The summed E-state index contributed by atoms with van der Waals surface area (Å²) in [6.45, 7) is 2.42. The van der Waals surface area contributed by atoms with E-state index < -0.39 is 0 Å². The van der Waals surface area contributed by atoms with Crippen LogP contribution in [-0.2, 0) is 9.59 Å². The fraction of sp³-hybridized carbons (Fsp3) is 0.308. The number of aromatic nitrogens is 3. The molecule has 1 aliphatic rings. The van der Waals surface area contributed by atoms with Crippen molar-refractivity contribution in [2.24, 2.45) is 0 Å². The minimum Gasteiger partial charge on any atom is -0.380 e. The Kier molecular flexibility index (Phi) is 7.06. The van der Waals surface area contributed by atoms with E-state index in [0.29, 0.717) is 18.3 Å². The van der Waals surface area contributed by atoms with E-state index in [1.165, 1.54) is 23.8 Å². The maximum absolute atomic E-state index is 12.8. The van der Waals surface area contributed by atoms with Crippen LogP contribution in [-0.4, -0.2) is 52.5 Å². The summed E-state index contributed by atoms with van der Waals surface area (Å²) in [5, 5.41) is 13.4. The molecule has 2 heterocycles. The number of aromatic amines is 1. The highest BCUT2D eigenvalue weighted by Crippen LogP contribution is 2.39. The van der Waals surface area contributed by atoms with E-state index in [4.69, 9.17) is 0 Å². The Morgan fingerprint density at radius 3 is 2.74 bits per heavy atom. The van der Waals surface area contributed by atoms with E-state index >= 15 is 0 Å². The van der Waals surface area contributed by atoms with Crippen LogP contribution in [0.25, 0.3) is 11.3 Å². The molecule has 4 rings (SSSR count). The molecule has 1 atom stereocenters. The number of carbonyl (C=O) groups is 2. The summed E-state index contributed by atoms with van der Waals surface area (Å²) in [6.07, 6.45) is 7.43. The summed E-state index contributed by atoms with van der Waals surface area (Å²) in [6, 6.07) is 13.7. The number of anilines is 2. The Bertz CT molecular complexity index is 1180. The van der Waals surface area contributed by atoms with Crippen LogP contribution in [0.15, 0.2) is 60.8 Å². The maximum Gasteiger partial charge on any atom is 0.245 e. The largest absolute Gasteiger partial charge is 0.380 e. The SMILES string of the molecule is CC(C(=O)Nc1cc(C2CC2)[nH]n1)c1cccc(-c2ccc(NCC=CC(=O)N(C)C)cn2)c1. The first-order valence-electron chi connectivity index (χ1n) is 11.4. The number of nitrogens with zero attached hydrogens (tertiary/aromatic N) is 3. The van der Waals surface area contributed by atoms with Crippen molar-refractivity contribution >= 4 is 23.3 Å². The van der Waals surface area contributed by atoms with Crippen LogP contribution in [0.5, 0.6) is 0 Å². The third-order valence-electron chi connectivity index (χ3n) is 5.83. The number of nitrogens with one attached hydrogen (secondary N) is 3. The van der Waals surface area contributed by atoms with Gasteiger partial charge in [0, 0.05) is 50.0 Å². The first-order valence-corrected chi connectivity index (χ1v) is 11.4. The zero-order valence-electron chi connectivity index (χ0n) is 19.7. The molecule has 34 heavy (non-hydrogen) atoms. The van der Waals surface area contributed by atoms with E-state index in [2.05, 4.69) is 25.8 Å². The number of likely N-dealkylation sites (N-methyl/N-ethyl adjacent to an activating group) is 1. The zero-order valence-corrected chi connectivity index (χ0v) is 19.7. The summed E-state index contributed by atoms with van der Waals surface area (Å²) in [7, 11) is 3.43. The monoisotopic (exact) mass is 458 g/mol. The summed E-state index contributed by atoms with van der Waals surface area (Å²) in [4.78, 5) is 30.4. The number of hydrogen-bond acceptors (Lipinski definition) is 5. The van der Waals surface area contributed by atoms with Gasteiger partial charge in [-0.3, -0.25) is 19.7 Å². The molecule has 0 saturated heterocycles. The normalized spacial score (nSPS) is 14.1. The van der Waals surface area contributed by atoms with Gasteiger partial charge in [-0.15, -0.1) is 0 Å². The topological polar surface area (TPSA) is 103 Å².